The van der Waals surface area contributed by atoms with Gasteiger partial charge in [0.2, 0.25) is 0 Å². The van der Waals surface area contributed by atoms with Crippen molar-refractivity contribution in [1.82, 2.24) is 0 Å². The molecule has 0 saturated carbocycles. The Hall–Kier alpha value is 0.344. The molecule has 0 unspecified atom stereocenters. The molecular formula is C3H13O9PSi2. The smallest absolute Gasteiger partial charge is 0.367 e. The molecular weight excluding hydrogens is 267 g/mol. The molecule has 0 radical (unpaired) electrons. The summed E-state index contributed by atoms with van der Waals surface area (Å²) in [4.78, 5) is 51.1. The summed E-state index contributed by atoms with van der Waals surface area (Å²) in [5.74, 6) is 0. The number of hydrogen-bond donors (Lipinski definition) is 6. The highest BCUT2D eigenvalue weighted by Gasteiger charge is 2.48. The first-order valence-electron chi connectivity index (χ1n) is 3.82. The van der Waals surface area contributed by atoms with Crippen LogP contribution in [0.25, 0.3) is 0 Å². The highest BCUT2D eigenvalue weighted by molar-refractivity contribution is 7.56. The molecule has 0 aromatic heterocycles. The van der Waals surface area contributed by atoms with Crippen molar-refractivity contribution >= 4 is 25.7 Å². The maximum Gasteiger partial charge on any atom is 0.678 e. The minimum atomic E-state index is -5.13. The van der Waals surface area contributed by atoms with E-state index in [1.54, 1.807) is 0 Å². The molecule has 0 spiro atoms. The average molecular weight is 280 g/mol. The first-order valence-corrected chi connectivity index (χ1v) is 9.05. The Labute approximate surface area is 87.7 Å². The Balaban J connectivity index is 4.68. The van der Waals surface area contributed by atoms with Crippen LogP contribution in [0.3, 0.4) is 0 Å². The molecule has 0 heterocycles. The van der Waals surface area contributed by atoms with E-state index < -0.39 is 31.9 Å². The molecule has 15 heavy (non-hydrogen) atoms. The first-order chi connectivity index (χ1) is 6.47. The SMILES string of the molecule is CCCP(=O)(O[Si](O)(O)O)O[Si](O)(O)O. The zero-order chi connectivity index (χ0) is 12.3. The Morgan fingerprint density at radius 2 is 1.33 bits per heavy atom. The van der Waals surface area contributed by atoms with Gasteiger partial charge in [0.1, 0.15) is 0 Å². The summed E-state index contributed by atoms with van der Waals surface area (Å²) < 4.78 is 19.4. The van der Waals surface area contributed by atoms with Crippen LogP contribution in [0.1, 0.15) is 13.3 Å². The van der Waals surface area contributed by atoms with E-state index in [0.717, 1.165) is 0 Å². The summed E-state index contributed by atoms with van der Waals surface area (Å²) in [5, 5.41) is 0. The lowest BCUT2D eigenvalue weighted by Crippen LogP contribution is -2.42. The van der Waals surface area contributed by atoms with Gasteiger partial charge in [-0.2, -0.15) is 0 Å². The molecule has 0 saturated heterocycles. The van der Waals surface area contributed by atoms with Crippen LogP contribution < -0.4 is 0 Å². The van der Waals surface area contributed by atoms with E-state index in [2.05, 4.69) is 8.43 Å². The summed E-state index contributed by atoms with van der Waals surface area (Å²) >= 11 is 0. The van der Waals surface area contributed by atoms with E-state index in [9.17, 15) is 4.57 Å². The van der Waals surface area contributed by atoms with Crippen molar-refractivity contribution in [2.45, 2.75) is 13.3 Å². The molecule has 0 rings (SSSR count). The van der Waals surface area contributed by atoms with E-state index in [0.29, 0.717) is 0 Å². The zero-order valence-corrected chi connectivity index (χ0v) is 10.7. The van der Waals surface area contributed by atoms with Gasteiger partial charge in [-0.05, 0) is 6.42 Å². The molecule has 0 atom stereocenters. The quantitative estimate of drug-likeness (QED) is 0.227. The molecule has 0 aliphatic rings. The summed E-state index contributed by atoms with van der Waals surface area (Å²) in [5.41, 5.74) is 0. The standard InChI is InChI=1S/C3H13O9PSi2/c1-2-3-13(4,11-14(5,6)7)12-15(8,9)10/h5-10H,2-3H2,1H3. The van der Waals surface area contributed by atoms with Gasteiger partial charge in [0.05, 0.1) is 0 Å². The van der Waals surface area contributed by atoms with E-state index in [1.165, 1.54) is 6.92 Å². The van der Waals surface area contributed by atoms with Crippen molar-refractivity contribution in [2.75, 3.05) is 6.16 Å². The monoisotopic (exact) mass is 280 g/mol. The predicted octanol–water partition coefficient (Wildman–Crippen LogP) is -2.55. The predicted molar refractivity (Wildman–Crippen MR) is 49.8 cm³/mol. The fraction of sp³-hybridized carbons (Fsp3) is 1.00. The maximum absolute atomic E-state index is 11.5. The second-order valence-electron chi connectivity index (χ2n) is 2.66. The van der Waals surface area contributed by atoms with Crippen LogP contribution in [0.5, 0.6) is 0 Å². The molecule has 0 aliphatic carbocycles. The second kappa shape index (κ2) is 5.12. The van der Waals surface area contributed by atoms with Crippen LogP contribution in [-0.2, 0) is 13.0 Å². The Bertz CT molecular complexity index is 223. The largest absolute Gasteiger partial charge is 0.678 e. The van der Waals surface area contributed by atoms with Gasteiger partial charge in [0, 0.05) is 6.16 Å². The highest BCUT2D eigenvalue weighted by Crippen LogP contribution is 2.51. The fourth-order valence-corrected chi connectivity index (χ4v) is 5.51. The number of hydrogen-bond acceptors (Lipinski definition) is 9. The molecule has 0 amide bonds. The van der Waals surface area contributed by atoms with Gasteiger partial charge in [-0.3, -0.25) is 13.0 Å². The van der Waals surface area contributed by atoms with Crippen LogP contribution in [0, 0.1) is 0 Å². The van der Waals surface area contributed by atoms with Crippen LogP contribution in [0.15, 0.2) is 0 Å². The van der Waals surface area contributed by atoms with Crippen LogP contribution in [-0.4, -0.2) is 53.0 Å². The lowest BCUT2D eigenvalue weighted by atomic mass is 10.6. The summed E-state index contributed by atoms with van der Waals surface area (Å²) in [6, 6.07) is 0. The van der Waals surface area contributed by atoms with Gasteiger partial charge >= 0.3 is 25.7 Å². The van der Waals surface area contributed by atoms with Crippen molar-refractivity contribution in [2.24, 2.45) is 0 Å². The van der Waals surface area contributed by atoms with Gasteiger partial charge in [-0.1, -0.05) is 6.92 Å². The molecule has 9 nitrogen and oxygen atoms in total. The topological polar surface area (TPSA) is 157 Å². The van der Waals surface area contributed by atoms with Crippen molar-refractivity contribution in [3.05, 3.63) is 0 Å². The molecule has 12 heteroatoms. The van der Waals surface area contributed by atoms with E-state index in [-0.39, 0.29) is 6.42 Å². The molecule has 92 valence electrons. The summed E-state index contributed by atoms with van der Waals surface area (Å²) in [6.07, 6.45) is -0.244. The van der Waals surface area contributed by atoms with Crippen molar-refractivity contribution in [3.63, 3.8) is 0 Å². The van der Waals surface area contributed by atoms with Crippen molar-refractivity contribution in [3.8, 4) is 0 Å². The van der Waals surface area contributed by atoms with E-state index in [4.69, 9.17) is 28.8 Å². The maximum atomic E-state index is 11.5. The Kier molecular flexibility index (Phi) is 5.23. The first kappa shape index (κ1) is 15.3. The van der Waals surface area contributed by atoms with Gasteiger partial charge in [0.15, 0.2) is 0 Å². The Morgan fingerprint density at radius 3 is 1.53 bits per heavy atom. The Morgan fingerprint density at radius 1 is 1.00 bits per heavy atom. The van der Waals surface area contributed by atoms with Crippen molar-refractivity contribution in [1.29, 1.82) is 0 Å². The third kappa shape index (κ3) is 8.18. The lowest BCUT2D eigenvalue weighted by molar-refractivity contribution is 0.0950. The summed E-state index contributed by atoms with van der Waals surface area (Å²) in [6.45, 7) is 1.52. The molecule has 6 N–H and O–H groups in total. The zero-order valence-electron chi connectivity index (χ0n) is 7.77. The number of rotatable bonds is 6. The minimum absolute atomic E-state index is 0.173. The second-order valence-corrected chi connectivity index (χ2v) is 8.09. The molecule has 0 bridgehead atoms. The third-order valence-corrected chi connectivity index (χ3v) is 6.20. The third-order valence-electron chi connectivity index (χ3n) is 1.02. The lowest BCUT2D eigenvalue weighted by Gasteiger charge is -2.22. The van der Waals surface area contributed by atoms with Crippen LogP contribution in [0.4, 0.5) is 0 Å². The molecule has 0 fully saturated rings. The molecule has 0 aliphatic heterocycles. The molecule has 0 aromatic carbocycles. The normalized spacial score (nSPS) is 14.3. The van der Waals surface area contributed by atoms with E-state index in [1.807, 2.05) is 0 Å². The van der Waals surface area contributed by atoms with Gasteiger partial charge in [0.25, 0.3) is 0 Å². The van der Waals surface area contributed by atoms with Gasteiger partial charge in [-0.25, -0.2) is 0 Å². The summed E-state index contributed by atoms with van der Waals surface area (Å²) in [7, 11) is -14.6. The molecule has 0 aromatic rings. The average Bonchev–Trinajstić information content (AvgIpc) is 1.74. The van der Waals surface area contributed by atoms with Crippen LogP contribution >= 0.6 is 7.60 Å². The van der Waals surface area contributed by atoms with Crippen molar-refractivity contribution < 1.29 is 41.8 Å². The minimum Gasteiger partial charge on any atom is -0.367 e. The highest BCUT2D eigenvalue weighted by atomic mass is 31.2. The fourth-order valence-electron chi connectivity index (χ4n) is 0.757. The van der Waals surface area contributed by atoms with E-state index >= 15 is 0 Å². The van der Waals surface area contributed by atoms with Gasteiger partial charge in [-0.15, -0.1) is 0 Å². The van der Waals surface area contributed by atoms with Crippen LogP contribution in [0.2, 0.25) is 0 Å². The van der Waals surface area contributed by atoms with Gasteiger partial charge < -0.3 is 28.8 Å².